The molecule has 138 valence electrons. The second-order valence-electron chi connectivity index (χ2n) is 7.19. The Hall–Kier alpha value is -1.93. The van der Waals surface area contributed by atoms with Crippen molar-refractivity contribution in [1.29, 1.82) is 0 Å². The molecule has 1 aliphatic heterocycles. The van der Waals surface area contributed by atoms with Gasteiger partial charge >= 0.3 is 5.97 Å². The number of likely N-dealkylation sites (tertiary alicyclic amines) is 1. The van der Waals surface area contributed by atoms with Gasteiger partial charge in [0.2, 0.25) is 5.91 Å². The van der Waals surface area contributed by atoms with E-state index in [1.54, 1.807) is 26.8 Å². The average Bonchev–Trinajstić information content (AvgIpc) is 3.07. The molecule has 0 radical (unpaired) electrons. The second kappa shape index (κ2) is 7.13. The summed E-state index contributed by atoms with van der Waals surface area (Å²) >= 11 is 1.30. The highest BCUT2D eigenvalue weighted by molar-refractivity contribution is 7.16. The van der Waals surface area contributed by atoms with Gasteiger partial charge in [-0.3, -0.25) is 9.59 Å². The summed E-state index contributed by atoms with van der Waals surface area (Å²) in [4.78, 5) is 39.3. The Labute approximate surface area is 151 Å². The van der Waals surface area contributed by atoms with Crippen molar-refractivity contribution in [3.8, 4) is 0 Å². The number of amides is 2. The monoisotopic (exact) mass is 368 g/mol. The third-order valence-electron chi connectivity index (χ3n) is 4.01. The maximum Gasteiger partial charge on any atom is 0.328 e. The van der Waals surface area contributed by atoms with E-state index >= 15 is 0 Å². The van der Waals surface area contributed by atoms with Crippen molar-refractivity contribution in [2.45, 2.75) is 46.3 Å². The highest BCUT2D eigenvalue weighted by Gasteiger charge is 2.41. The van der Waals surface area contributed by atoms with Crippen LogP contribution in [0.25, 0.3) is 0 Å². The Morgan fingerprint density at radius 3 is 2.56 bits per heavy atom. The van der Waals surface area contributed by atoms with Crippen molar-refractivity contribution in [1.82, 2.24) is 4.90 Å². The van der Waals surface area contributed by atoms with E-state index in [4.69, 9.17) is 4.74 Å². The van der Waals surface area contributed by atoms with Crippen molar-refractivity contribution in [3.63, 3.8) is 0 Å². The maximum atomic E-state index is 13.0. The van der Waals surface area contributed by atoms with Gasteiger partial charge in [0, 0.05) is 23.3 Å². The molecule has 2 N–H and O–H groups in total. The third-order valence-corrected chi connectivity index (χ3v) is 4.97. The Bertz CT molecular complexity index is 692. The van der Waals surface area contributed by atoms with Crippen molar-refractivity contribution < 1.29 is 24.2 Å². The van der Waals surface area contributed by atoms with Crippen molar-refractivity contribution in [3.05, 3.63) is 16.5 Å². The van der Waals surface area contributed by atoms with E-state index in [2.05, 4.69) is 5.32 Å². The van der Waals surface area contributed by atoms with Gasteiger partial charge in [0.05, 0.1) is 18.8 Å². The van der Waals surface area contributed by atoms with Gasteiger partial charge in [0.25, 0.3) is 5.91 Å². The molecule has 1 aromatic rings. The van der Waals surface area contributed by atoms with Crippen LogP contribution in [0.15, 0.2) is 6.07 Å². The summed E-state index contributed by atoms with van der Waals surface area (Å²) in [5.41, 5.74) is -0.278. The standard InChI is InChI=1S/C17H24N2O5S/c1-9-6-11(13(25-9)18-16(23)17(2,3)4)14(21)19-8-10(20)7-12(19)15(22)24-5/h6,10,12,20H,7-8H2,1-5H3,(H,18,23)/t10-,12+/m0/s1. The number of methoxy groups -OCH3 is 1. The fraction of sp³-hybridized carbons (Fsp3) is 0.588. The molecule has 1 saturated heterocycles. The van der Waals surface area contributed by atoms with E-state index < -0.39 is 29.4 Å². The fourth-order valence-electron chi connectivity index (χ4n) is 2.61. The predicted octanol–water partition coefficient (Wildman–Crippen LogP) is 1.79. The number of nitrogens with one attached hydrogen (secondary N) is 1. The van der Waals surface area contributed by atoms with Crippen molar-refractivity contribution in [2.75, 3.05) is 19.0 Å². The lowest BCUT2D eigenvalue weighted by atomic mass is 9.96. The minimum Gasteiger partial charge on any atom is -0.467 e. The zero-order chi connectivity index (χ0) is 18.9. The number of aryl methyl sites for hydroxylation is 1. The molecule has 0 aliphatic carbocycles. The molecule has 0 spiro atoms. The number of carbonyl (C=O) groups excluding carboxylic acids is 3. The molecule has 25 heavy (non-hydrogen) atoms. The first-order valence-corrected chi connectivity index (χ1v) is 8.85. The van der Waals surface area contributed by atoms with E-state index in [9.17, 15) is 19.5 Å². The Balaban J connectivity index is 2.30. The van der Waals surface area contributed by atoms with Crippen LogP contribution >= 0.6 is 11.3 Å². The summed E-state index contributed by atoms with van der Waals surface area (Å²) < 4.78 is 4.73. The Kier molecular flexibility index (Phi) is 5.53. The maximum absolute atomic E-state index is 13.0. The van der Waals surface area contributed by atoms with Crippen LogP contribution in [-0.4, -0.2) is 53.6 Å². The van der Waals surface area contributed by atoms with Crippen molar-refractivity contribution >= 4 is 34.1 Å². The Morgan fingerprint density at radius 2 is 2.00 bits per heavy atom. The third kappa shape index (κ3) is 4.19. The molecule has 0 unspecified atom stereocenters. The van der Waals surface area contributed by atoms with Gasteiger partial charge in [0.1, 0.15) is 11.0 Å². The molecular formula is C17H24N2O5S. The molecule has 1 aliphatic rings. The number of esters is 1. The van der Waals surface area contributed by atoms with Crippen LogP contribution in [0.4, 0.5) is 5.00 Å². The molecule has 7 nitrogen and oxygen atoms in total. The van der Waals surface area contributed by atoms with Crippen molar-refractivity contribution in [2.24, 2.45) is 5.41 Å². The number of aliphatic hydroxyl groups is 1. The normalized spacial score (nSPS) is 20.5. The molecule has 0 bridgehead atoms. The van der Waals surface area contributed by atoms with Gasteiger partial charge in [-0.05, 0) is 13.0 Å². The highest BCUT2D eigenvalue weighted by Crippen LogP contribution is 2.32. The van der Waals surface area contributed by atoms with E-state index in [1.165, 1.54) is 23.3 Å². The van der Waals surface area contributed by atoms with Crippen LogP contribution in [0.1, 0.15) is 42.4 Å². The molecule has 2 atom stereocenters. The molecule has 2 rings (SSSR count). The van der Waals surface area contributed by atoms with Crippen LogP contribution < -0.4 is 5.32 Å². The number of hydrogen-bond donors (Lipinski definition) is 2. The number of thiophene rings is 1. The van der Waals surface area contributed by atoms with E-state index in [1.807, 2.05) is 6.92 Å². The van der Waals surface area contributed by atoms with Gasteiger partial charge in [-0.15, -0.1) is 11.3 Å². The largest absolute Gasteiger partial charge is 0.467 e. The van der Waals surface area contributed by atoms with E-state index in [0.717, 1.165) is 4.88 Å². The number of carbonyl (C=O) groups is 3. The van der Waals surface area contributed by atoms with Crippen LogP contribution in [-0.2, 0) is 14.3 Å². The second-order valence-corrected chi connectivity index (χ2v) is 8.45. The summed E-state index contributed by atoms with van der Waals surface area (Å²) in [6.45, 7) is 7.25. The number of rotatable bonds is 3. The molecular weight excluding hydrogens is 344 g/mol. The van der Waals surface area contributed by atoms with Crippen LogP contribution in [0.2, 0.25) is 0 Å². The van der Waals surface area contributed by atoms with Gasteiger partial charge in [-0.25, -0.2) is 4.79 Å². The van der Waals surface area contributed by atoms with E-state index in [0.29, 0.717) is 10.6 Å². The summed E-state index contributed by atoms with van der Waals surface area (Å²) in [6.07, 6.45) is -0.633. The number of anilines is 1. The minimum absolute atomic E-state index is 0.0557. The topological polar surface area (TPSA) is 95.9 Å². The lowest BCUT2D eigenvalue weighted by Crippen LogP contribution is -2.41. The van der Waals surface area contributed by atoms with E-state index in [-0.39, 0.29) is 18.9 Å². The SMILES string of the molecule is COC(=O)[C@H]1C[C@H](O)CN1C(=O)c1cc(C)sc1NC(=O)C(C)(C)C. The molecule has 1 fully saturated rings. The first-order chi connectivity index (χ1) is 11.5. The summed E-state index contributed by atoms with van der Waals surface area (Å²) in [5, 5.41) is 13.1. The number of β-amino-alcohol motifs (C(OH)–C–C–N with tert-alkyl or cyclic N) is 1. The van der Waals surface area contributed by atoms with Crippen LogP contribution in [0.5, 0.6) is 0 Å². The zero-order valence-corrected chi connectivity index (χ0v) is 15.9. The summed E-state index contributed by atoms with van der Waals surface area (Å²) in [6, 6.07) is 0.864. The van der Waals surface area contributed by atoms with Gasteiger partial charge in [-0.2, -0.15) is 0 Å². The van der Waals surface area contributed by atoms with Crippen LogP contribution in [0.3, 0.4) is 0 Å². The summed E-state index contributed by atoms with van der Waals surface area (Å²) in [7, 11) is 1.25. The first kappa shape index (κ1) is 19.4. The number of aliphatic hydroxyl groups excluding tert-OH is 1. The van der Waals surface area contributed by atoms with Crippen LogP contribution in [0, 0.1) is 12.3 Å². The molecule has 0 aromatic carbocycles. The minimum atomic E-state index is -0.820. The lowest BCUT2D eigenvalue weighted by Gasteiger charge is -2.23. The molecule has 0 saturated carbocycles. The number of nitrogens with zero attached hydrogens (tertiary/aromatic N) is 1. The lowest BCUT2D eigenvalue weighted by molar-refractivity contribution is -0.145. The first-order valence-electron chi connectivity index (χ1n) is 8.03. The zero-order valence-electron chi connectivity index (χ0n) is 15.1. The van der Waals surface area contributed by atoms with Gasteiger partial charge in [0.15, 0.2) is 0 Å². The molecule has 2 amide bonds. The number of hydrogen-bond acceptors (Lipinski definition) is 6. The predicted molar refractivity (Wildman–Crippen MR) is 94.6 cm³/mol. The molecule has 1 aromatic heterocycles. The van der Waals surface area contributed by atoms with Gasteiger partial charge < -0.3 is 20.1 Å². The summed E-state index contributed by atoms with van der Waals surface area (Å²) in [5.74, 6) is -1.16. The Morgan fingerprint density at radius 1 is 1.36 bits per heavy atom. The molecule has 8 heteroatoms. The average molecular weight is 368 g/mol. The smallest absolute Gasteiger partial charge is 0.328 e. The highest BCUT2D eigenvalue weighted by atomic mass is 32.1. The quantitative estimate of drug-likeness (QED) is 0.793. The fourth-order valence-corrected chi connectivity index (χ4v) is 3.51. The molecule has 2 heterocycles. The number of ether oxygens (including phenoxy) is 1. The van der Waals surface area contributed by atoms with Gasteiger partial charge in [-0.1, -0.05) is 20.8 Å².